The smallest absolute Gasteiger partial charge is 0.126 e. The second-order valence-corrected chi connectivity index (χ2v) is 4.72. The van der Waals surface area contributed by atoms with Gasteiger partial charge in [-0.2, -0.15) is 0 Å². The standard InChI is InChI=1S/C15H23F2NO/c1-3-4-6-19-7-5-15(18-2)10-12-8-13(16)11-14(17)9-12/h8-9,11,15,18H,3-7,10H2,1-2H3. The lowest BCUT2D eigenvalue weighted by Crippen LogP contribution is -2.29. The predicted molar refractivity (Wildman–Crippen MR) is 73.3 cm³/mol. The quantitative estimate of drug-likeness (QED) is 0.696. The van der Waals surface area contributed by atoms with E-state index in [0.29, 0.717) is 18.6 Å². The Morgan fingerprint density at radius 1 is 1.16 bits per heavy atom. The molecule has 1 aromatic carbocycles. The molecule has 0 fully saturated rings. The minimum absolute atomic E-state index is 0.169. The lowest BCUT2D eigenvalue weighted by molar-refractivity contribution is 0.122. The highest BCUT2D eigenvalue weighted by Gasteiger charge is 2.09. The molecule has 1 unspecified atom stereocenters. The third kappa shape index (κ3) is 6.64. The van der Waals surface area contributed by atoms with E-state index < -0.39 is 11.6 Å². The van der Waals surface area contributed by atoms with E-state index in [9.17, 15) is 8.78 Å². The summed E-state index contributed by atoms with van der Waals surface area (Å²) >= 11 is 0. The van der Waals surface area contributed by atoms with Gasteiger partial charge >= 0.3 is 0 Å². The van der Waals surface area contributed by atoms with Crippen molar-refractivity contribution in [1.82, 2.24) is 5.32 Å². The summed E-state index contributed by atoms with van der Waals surface area (Å²) in [4.78, 5) is 0. The zero-order valence-corrected chi connectivity index (χ0v) is 11.7. The maximum Gasteiger partial charge on any atom is 0.126 e. The molecule has 1 rings (SSSR count). The summed E-state index contributed by atoms with van der Waals surface area (Å²) in [5.74, 6) is -1.05. The van der Waals surface area contributed by atoms with E-state index in [1.807, 2.05) is 7.05 Å². The van der Waals surface area contributed by atoms with E-state index in [1.165, 1.54) is 12.1 Å². The van der Waals surface area contributed by atoms with Crippen LogP contribution in [0.4, 0.5) is 8.78 Å². The topological polar surface area (TPSA) is 21.3 Å². The van der Waals surface area contributed by atoms with Crippen molar-refractivity contribution in [2.45, 2.75) is 38.6 Å². The molecule has 4 heteroatoms. The lowest BCUT2D eigenvalue weighted by atomic mass is 10.0. The van der Waals surface area contributed by atoms with Crippen LogP contribution in [0.5, 0.6) is 0 Å². The maximum absolute atomic E-state index is 13.1. The van der Waals surface area contributed by atoms with Crippen molar-refractivity contribution in [1.29, 1.82) is 0 Å². The Labute approximate surface area is 114 Å². The molecule has 108 valence electrons. The van der Waals surface area contributed by atoms with Gasteiger partial charge in [-0.15, -0.1) is 0 Å². The highest BCUT2D eigenvalue weighted by molar-refractivity contribution is 5.18. The number of nitrogens with one attached hydrogen (secondary N) is 1. The number of hydrogen-bond donors (Lipinski definition) is 1. The summed E-state index contributed by atoms with van der Waals surface area (Å²) in [6, 6.07) is 3.82. The van der Waals surface area contributed by atoms with Crippen molar-refractivity contribution in [3.05, 3.63) is 35.4 Å². The molecule has 0 saturated heterocycles. The number of benzene rings is 1. The molecule has 0 aliphatic rings. The van der Waals surface area contributed by atoms with Crippen molar-refractivity contribution in [3.8, 4) is 0 Å². The van der Waals surface area contributed by atoms with Crippen LogP contribution < -0.4 is 5.32 Å². The molecule has 0 radical (unpaired) electrons. The number of hydrogen-bond acceptors (Lipinski definition) is 2. The molecule has 0 aliphatic heterocycles. The zero-order chi connectivity index (χ0) is 14.1. The summed E-state index contributed by atoms with van der Waals surface area (Å²) in [5, 5.41) is 3.16. The number of likely N-dealkylation sites (N-methyl/N-ethyl adjacent to an activating group) is 1. The summed E-state index contributed by atoms with van der Waals surface area (Å²) in [7, 11) is 1.85. The Bertz CT molecular complexity index is 351. The van der Waals surface area contributed by atoms with E-state index >= 15 is 0 Å². The van der Waals surface area contributed by atoms with Gasteiger partial charge in [0.05, 0.1) is 0 Å². The first kappa shape index (κ1) is 16.1. The van der Waals surface area contributed by atoms with Gasteiger partial charge in [-0.25, -0.2) is 8.78 Å². The van der Waals surface area contributed by atoms with Crippen molar-refractivity contribution in [3.63, 3.8) is 0 Å². The molecule has 1 atom stereocenters. The van der Waals surface area contributed by atoms with E-state index in [1.54, 1.807) is 0 Å². The zero-order valence-electron chi connectivity index (χ0n) is 11.7. The van der Waals surface area contributed by atoms with E-state index in [4.69, 9.17) is 4.74 Å². The number of ether oxygens (including phenoxy) is 1. The fourth-order valence-electron chi connectivity index (χ4n) is 1.94. The van der Waals surface area contributed by atoms with Gasteiger partial charge in [0.2, 0.25) is 0 Å². The Morgan fingerprint density at radius 2 is 1.84 bits per heavy atom. The van der Waals surface area contributed by atoms with Gasteiger partial charge in [-0.3, -0.25) is 0 Å². The summed E-state index contributed by atoms with van der Waals surface area (Å²) in [5.41, 5.74) is 0.672. The Morgan fingerprint density at radius 3 is 2.42 bits per heavy atom. The van der Waals surface area contributed by atoms with Crippen LogP contribution in [0.25, 0.3) is 0 Å². The fourth-order valence-corrected chi connectivity index (χ4v) is 1.94. The molecule has 1 aromatic rings. The van der Waals surface area contributed by atoms with E-state index in [0.717, 1.165) is 31.9 Å². The Balaban J connectivity index is 2.38. The average Bonchev–Trinajstić information content (AvgIpc) is 2.36. The number of halogens is 2. The van der Waals surface area contributed by atoms with Gasteiger partial charge in [0, 0.05) is 25.3 Å². The van der Waals surface area contributed by atoms with Crippen LogP contribution in [-0.2, 0) is 11.2 Å². The van der Waals surface area contributed by atoms with Gasteiger partial charge in [0.25, 0.3) is 0 Å². The van der Waals surface area contributed by atoms with Gasteiger partial charge in [-0.1, -0.05) is 13.3 Å². The summed E-state index contributed by atoms with van der Waals surface area (Å²) < 4.78 is 31.7. The molecule has 0 aliphatic carbocycles. The highest BCUT2D eigenvalue weighted by Crippen LogP contribution is 2.11. The van der Waals surface area contributed by atoms with Crippen LogP contribution in [0.2, 0.25) is 0 Å². The second-order valence-electron chi connectivity index (χ2n) is 4.72. The SMILES string of the molecule is CCCCOCCC(Cc1cc(F)cc(F)c1)NC. The molecule has 0 bridgehead atoms. The van der Waals surface area contributed by atoms with Crippen LogP contribution in [0.3, 0.4) is 0 Å². The normalized spacial score (nSPS) is 12.6. The van der Waals surface area contributed by atoms with Crippen LogP contribution in [0.15, 0.2) is 18.2 Å². The maximum atomic E-state index is 13.1. The molecule has 2 nitrogen and oxygen atoms in total. The van der Waals surface area contributed by atoms with Crippen molar-refractivity contribution in [2.24, 2.45) is 0 Å². The fraction of sp³-hybridized carbons (Fsp3) is 0.600. The molecule has 0 aromatic heterocycles. The van der Waals surface area contributed by atoms with Gasteiger partial charge in [0.15, 0.2) is 0 Å². The lowest BCUT2D eigenvalue weighted by Gasteiger charge is -2.16. The minimum Gasteiger partial charge on any atom is -0.381 e. The van der Waals surface area contributed by atoms with Gasteiger partial charge < -0.3 is 10.1 Å². The molecular formula is C15H23F2NO. The Kier molecular flexibility index (Phi) is 7.60. The summed E-state index contributed by atoms with van der Waals surface area (Å²) in [6.45, 7) is 3.57. The molecule has 0 amide bonds. The van der Waals surface area contributed by atoms with Crippen molar-refractivity contribution < 1.29 is 13.5 Å². The number of unbranched alkanes of at least 4 members (excludes halogenated alkanes) is 1. The second kappa shape index (κ2) is 8.99. The molecule has 0 spiro atoms. The van der Waals surface area contributed by atoms with Crippen molar-refractivity contribution in [2.75, 3.05) is 20.3 Å². The predicted octanol–water partition coefficient (Wildman–Crippen LogP) is 3.30. The van der Waals surface area contributed by atoms with Gasteiger partial charge in [0.1, 0.15) is 11.6 Å². The molecule has 0 saturated carbocycles. The largest absolute Gasteiger partial charge is 0.381 e. The van der Waals surface area contributed by atoms with Crippen LogP contribution in [0.1, 0.15) is 31.7 Å². The molecule has 0 heterocycles. The highest BCUT2D eigenvalue weighted by atomic mass is 19.1. The van der Waals surface area contributed by atoms with E-state index in [2.05, 4.69) is 12.2 Å². The molecule has 1 N–H and O–H groups in total. The van der Waals surface area contributed by atoms with Crippen LogP contribution >= 0.6 is 0 Å². The number of rotatable bonds is 9. The summed E-state index contributed by atoms with van der Waals surface area (Å²) in [6.07, 6.45) is 3.62. The molecule has 19 heavy (non-hydrogen) atoms. The van der Waals surface area contributed by atoms with Crippen molar-refractivity contribution >= 4 is 0 Å². The first-order chi connectivity index (χ1) is 9.15. The first-order valence-electron chi connectivity index (χ1n) is 6.85. The Hall–Kier alpha value is -1.00. The van der Waals surface area contributed by atoms with Crippen LogP contribution in [-0.4, -0.2) is 26.3 Å². The van der Waals surface area contributed by atoms with E-state index in [-0.39, 0.29) is 6.04 Å². The first-order valence-corrected chi connectivity index (χ1v) is 6.85. The third-order valence-corrected chi connectivity index (χ3v) is 3.07. The van der Waals surface area contributed by atoms with Crippen LogP contribution in [0, 0.1) is 11.6 Å². The monoisotopic (exact) mass is 271 g/mol. The minimum atomic E-state index is -0.524. The third-order valence-electron chi connectivity index (χ3n) is 3.07. The van der Waals surface area contributed by atoms with Gasteiger partial charge in [-0.05, 0) is 44.0 Å². The molecular weight excluding hydrogens is 248 g/mol. The average molecular weight is 271 g/mol.